The van der Waals surface area contributed by atoms with Crippen molar-refractivity contribution in [1.29, 1.82) is 0 Å². The Morgan fingerprint density at radius 1 is 1.35 bits per heavy atom. The van der Waals surface area contributed by atoms with E-state index in [0.29, 0.717) is 11.5 Å². The average Bonchev–Trinajstić information content (AvgIpc) is 3.26. The molecule has 4 heterocycles. The van der Waals surface area contributed by atoms with Crippen molar-refractivity contribution in [2.24, 2.45) is 5.41 Å². The van der Waals surface area contributed by atoms with Crippen molar-refractivity contribution in [3.8, 4) is 0 Å². The van der Waals surface area contributed by atoms with E-state index in [1.807, 2.05) is 24.0 Å². The zero-order chi connectivity index (χ0) is 18.1. The fraction of sp³-hybridized carbons (Fsp3) is 0.579. The summed E-state index contributed by atoms with van der Waals surface area (Å²) in [6.07, 6.45) is 6.39. The monoisotopic (exact) mass is 355 g/mol. The third-order valence-electron chi connectivity index (χ3n) is 5.86. The van der Waals surface area contributed by atoms with Crippen LogP contribution in [0.25, 0.3) is 0 Å². The van der Waals surface area contributed by atoms with Gasteiger partial charge in [0.25, 0.3) is 5.91 Å². The van der Waals surface area contributed by atoms with Crippen molar-refractivity contribution in [2.75, 3.05) is 26.2 Å². The molecule has 1 spiro atoms. The summed E-state index contributed by atoms with van der Waals surface area (Å²) >= 11 is 0. The van der Waals surface area contributed by atoms with E-state index < -0.39 is 0 Å². The van der Waals surface area contributed by atoms with E-state index in [4.69, 9.17) is 4.42 Å². The van der Waals surface area contributed by atoms with Gasteiger partial charge in [-0.3, -0.25) is 14.7 Å². The van der Waals surface area contributed by atoms with Crippen molar-refractivity contribution in [2.45, 2.75) is 39.2 Å². The second-order valence-corrected chi connectivity index (χ2v) is 7.48. The minimum absolute atomic E-state index is 0.0855. The summed E-state index contributed by atoms with van der Waals surface area (Å²) in [6, 6.07) is 3.84. The largest absolute Gasteiger partial charge is 0.424 e. The lowest BCUT2D eigenvalue weighted by molar-refractivity contribution is 0.0589. The molecule has 1 amide bonds. The number of rotatable bonds is 3. The number of aryl methyl sites for hydroxylation is 1. The molecule has 1 atom stereocenters. The minimum Gasteiger partial charge on any atom is -0.424 e. The lowest BCUT2D eigenvalue weighted by Crippen LogP contribution is -2.44. The van der Waals surface area contributed by atoms with E-state index in [9.17, 15) is 4.79 Å². The molecule has 0 aromatic carbocycles. The summed E-state index contributed by atoms with van der Waals surface area (Å²) in [5, 5.41) is 8.26. The van der Waals surface area contributed by atoms with Crippen molar-refractivity contribution < 1.29 is 9.21 Å². The molecule has 0 radical (unpaired) electrons. The van der Waals surface area contributed by atoms with Gasteiger partial charge in [0.1, 0.15) is 0 Å². The van der Waals surface area contributed by atoms with Gasteiger partial charge in [0.2, 0.25) is 11.8 Å². The van der Waals surface area contributed by atoms with Gasteiger partial charge in [-0.25, -0.2) is 0 Å². The number of hydrogen-bond donors (Lipinski definition) is 0. The fourth-order valence-electron chi connectivity index (χ4n) is 4.39. The molecule has 2 aliphatic rings. The number of likely N-dealkylation sites (tertiary alicyclic amines) is 2. The first-order valence-corrected chi connectivity index (χ1v) is 9.33. The maximum atomic E-state index is 12.7. The number of nitrogens with zero attached hydrogens (tertiary/aromatic N) is 5. The maximum absolute atomic E-state index is 12.7. The van der Waals surface area contributed by atoms with Gasteiger partial charge in [-0.2, -0.15) is 0 Å². The zero-order valence-electron chi connectivity index (χ0n) is 15.4. The lowest BCUT2D eigenvalue weighted by Gasteiger charge is -2.39. The zero-order valence-corrected chi connectivity index (χ0v) is 15.4. The highest BCUT2D eigenvalue weighted by Crippen LogP contribution is 2.48. The first kappa shape index (κ1) is 17.1. The van der Waals surface area contributed by atoms with Crippen LogP contribution in [-0.2, 0) is 0 Å². The molecule has 138 valence electrons. The number of hydrogen-bond acceptors (Lipinski definition) is 6. The third kappa shape index (κ3) is 3.11. The molecule has 0 N–H and O–H groups in total. The quantitative estimate of drug-likeness (QED) is 0.842. The smallest absolute Gasteiger partial charge is 0.255 e. The van der Waals surface area contributed by atoms with Gasteiger partial charge in [-0.05, 0) is 43.4 Å². The summed E-state index contributed by atoms with van der Waals surface area (Å²) in [5.74, 6) is 1.44. The van der Waals surface area contributed by atoms with Crippen molar-refractivity contribution in [3.05, 3.63) is 41.9 Å². The highest BCUT2D eigenvalue weighted by Gasteiger charge is 2.47. The normalized spacial score (nSPS) is 22.8. The molecule has 2 aromatic heterocycles. The van der Waals surface area contributed by atoms with Crippen LogP contribution >= 0.6 is 0 Å². The average molecular weight is 355 g/mol. The second-order valence-electron chi connectivity index (χ2n) is 7.48. The van der Waals surface area contributed by atoms with Crippen LogP contribution in [0.4, 0.5) is 0 Å². The van der Waals surface area contributed by atoms with Crippen molar-refractivity contribution >= 4 is 5.91 Å². The molecule has 7 heteroatoms. The molecule has 0 saturated carbocycles. The molecule has 2 saturated heterocycles. The Morgan fingerprint density at radius 2 is 2.15 bits per heavy atom. The predicted molar refractivity (Wildman–Crippen MR) is 95.4 cm³/mol. The van der Waals surface area contributed by atoms with Gasteiger partial charge in [0.05, 0.1) is 11.6 Å². The fourth-order valence-corrected chi connectivity index (χ4v) is 4.39. The summed E-state index contributed by atoms with van der Waals surface area (Å²) < 4.78 is 5.72. The predicted octanol–water partition coefficient (Wildman–Crippen LogP) is 2.46. The highest BCUT2D eigenvalue weighted by molar-refractivity contribution is 5.93. The van der Waals surface area contributed by atoms with Gasteiger partial charge in [-0.15, -0.1) is 10.2 Å². The molecule has 2 fully saturated rings. The Balaban J connectivity index is 1.44. The van der Waals surface area contributed by atoms with Crippen LogP contribution in [-0.4, -0.2) is 57.1 Å². The van der Waals surface area contributed by atoms with Crippen LogP contribution in [0.3, 0.4) is 0 Å². The van der Waals surface area contributed by atoms with Gasteiger partial charge < -0.3 is 9.32 Å². The van der Waals surface area contributed by atoms with Gasteiger partial charge in [-0.1, -0.05) is 6.92 Å². The number of aromatic nitrogens is 3. The molecule has 2 aliphatic heterocycles. The summed E-state index contributed by atoms with van der Waals surface area (Å²) in [5.41, 5.74) is 0.902. The molecule has 26 heavy (non-hydrogen) atoms. The molecule has 2 aromatic rings. The SMILES string of the molecule is CCN1CC2(CCN(C(=O)c3cccnc3)CC2)CC1c1nnc(C)o1. The molecule has 0 bridgehead atoms. The first-order chi connectivity index (χ1) is 12.6. The van der Waals surface area contributed by atoms with Crippen LogP contribution in [0.1, 0.15) is 54.4 Å². The maximum Gasteiger partial charge on any atom is 0.255 e. The van der Waals surface area contributed by atoms with Crippen LogP contribution in [0.15, 0.2) is 28.9 Å². The van der Waals surface area contributed by atoms with Gasteiger partial charge >= 0.3 is 0 Å². The van der Waals surface area contributed by atoms with Crippen molar-refractivity contribution in [1.82, 2.24) is 25.0 Å². The summed E-state index contributed by atoms with van der Waals surface area (Å²) in [4.78, 5) is 21.1. The van der Waals surface area contributed by atoms with Crippen LogP contribution in [0.5, 0.6) is 0 Å². The topological polar surface area (TPSA) is 75.4 Å². The van der Waals surface area contributed by atoms with Crippen LogP contribution in [0.2, 0.25) is 0 Å². The van der Waals surface area contributed by atoms with Crippen LogP contribution in [0, 0.1) is 12.3 Å². The van der Waals surface area contributed by atoms with E-state index in [2.05, 4.69) is 27.0 Å². The summed E-state index contributed by atoms with van der Waals surface area (Å²) in [7, 11) is 0. The standard InChI is InChI=1S/C19H25N5O2/c1-3-23-13-19(11-16(23)17-22-21-14(2)26-17)6-9-24(10-7-19)18(25)15-5-4-8-20-12-15/h4-5,8,12,16H,3,6-7,9-11,13H2,1-2H3. The Hall–Kier alpha value is -2.28. The van der Waals surface area contributed by atoms with Crippen LogP contribution < -0.4 is 0 Å². The first-order valence-electron chi connectivity index (χ1n) is 9.33. The molecule has 1 unspecified atom stereocenters. The highest BCUT2D eigenvalue weighted by atomic mass is 16.4. The van der Waals surface area contributed by atoms with E-state index >= 15 is 0 Å². The Bertz CT molecular complexity index is 767. The van der Waals surface area contributed by atoms with E-state index in [1.54, 1.807) is 12.4 Å². The Kier molecular flexibility index (Phi) is 4.48. The number of pyridine rings is 1. The number of piperidine rings is 1. The minimum atomic E-state index is 0.0855. The Labute approximate surface area is 153 Å². The molecule has 0 aliphatic carbocycles. The Morgan fingerprint density at radius 3 is 2.77 bits per heavy atom. The number of amides is 1. The molecule has 4 rings (SSSR count). The van der Waals surface area contributed by atoms with Crippen molar-refractivity contribution in [3.63, 3.8) is 0 Å². The summed E-state index contributed by atoms with van der Waals surface area (Å²) in [6.45, 7) is 7.59. The van der Waals surface area contributed by atoms with E-state index in [1.165, 1.54) is 0 Å². The second kappa shape index (κ2) is 6.79. The van der Waals surface area contributed by atoms with Gasteiger partial charge in [0, 0.05) is 39.0 Å². The van der Waals surface area contributed by atoms with E-state index in [-0.39, 0.29) is 17.4 Å². The molecule has 7 nitrogen and oxygen atoms in total. The lowest BCUT2D eigenvalue weighted by atomic mass is 9.76. The molecular formula is C19H25N5O2. The third-order valence-corrected chi connectivity index (χ3v) is 5.86. The number of carbonyl (C=O) groups excluding carboxylic acids is 1. The van der Waals surface area contributed by atoms with Gasteiger partial charge in [0.15, 0.2) is 0 Å². The number of carbonyl (C=O) groups is 1. The van der Waals surface area contributed by atoms with E-state index in [0.717, 1.165) is 51.3 Å². The molecular weight excluding hydrogens is 330 g/mol.